The molecule has 1 aromatic rings. The Balaban J connectivity index is 1.73. The van der Waals surface area contributed by atoms with Gasteiger partial charge < -0.3 is 15.3 Å². The second-order valence-corrected chi connectivity index (χ2v) is 8.12. The molecule has 6 heteroatoms. The molecule has 1 saturated heterocycles. The molecule has 0 spiro atoms. The first-order chi connectivity index (χ1) is 13.5. The molecule has 28 heavy (non-hydrogen) atoms. The number of carbonyl (C=O) groups excluding carboxylic acids is 2. The van der Waals surface area contributed by atoms with Gasteiger partial charge in [-0.05, 0) is 44.2 Å². The SMILES string of the molecule is O=C(CC1(C(=O)O)CCCCCC1)Nc1ccccc1C(=O)N1CCCCC1. The number of carbonyl (C=O) groups is 3. The lowest BCUT2D eigenvalue weighted by atomic mass is 9.77. The van der Waals surface area contributed by atoms with Gasteiger partial charge in [0.15, 0.2) is 0 Å². The minimum absolute atomic E-state index is 0.0471. The smallest absolute Gasteiger partial charge is 0.310 e. The molecule has 2 aliphatic rings. The molecule has 2 N–H and O–H groups in total. The lowest BCUT2D eigenvalue weighted by Gasteiger charge is -2.28. The number of aliphatic carboxylic acids is 1. The number of para-hydroxylation sites is 1. The minimum atomic E-state index is -0.994. The number of anilines is 1. The molecule has 0 aromatic heterocycles. The van der Waals surface area contributed by atoms with E-state index in [9.17, 15) is 19.5 Å². The van der Waals surface area contributed by atoms with Crippen molar-refractivity contribution in [3.63, 3.8) is 0 Å². The molecular weight excluding hydrogens is 356 g/mol. The summed E-state index contributed by atoms with van der Waals surface area (Å²) >= 11 is 0. The summed E-state index contributed by atoms with van der Waals surface area (Å²) in [4.78, 5) is 39.4. The van der Waals surface area contributed by atoms with Crippen LogP contribution in [0.1, 0.15) is 74.6 Å². The van der Waals surface area contributed by atoms with Gasteiger partial charge in [-0.25, -0.2) is 0 Å². The average molecular weight is 386 g/mol. The van der Waals surface area contributed by atoms with Gasteiger partial charge in [0.05, 0.1) is 16.7 Å². The Kier molecular flexibility index (Phi) is 6.70. The first-order valence-corrected chi connectivity index (χ1v) is 10.4. The molecule has 3 rings (SSSR count). The Morgan fingerprint density at radius 1 is 0.929 bits per heavy atom. The van der Waals surface area contributed by atoms with Crippen molar-refractivity contribution in [2.24, 2.45) is 5.41 Å². The highest BCUT2D eigenvalue weighted by atomic mass is 16.4. The van der Waals surface area contributed by atoms with Crippen LogP contribution in [0, 0.1) is 5.41 Å². The van der Waals surface area contributed by atoms with Crippen molar-refractivity contribution in [2.45, 2.75) is 64.2 Å². The Morgan fingerprint density at radius 3 is 2.18 bits per heavy atom. The van der Waals surface area contributed by atoms with E-state index in [-0.39, 0.29) is 18.2 Å². The van der Waals surface area contributed by atoms with E-state index in [1.165, 1.54) is 0 Å². The zero-order valence-corrected chi connectivity index (χ0v) is 16.4. The van der Waals surface area contributed by atoms with Crippen molar-refractivity contribution in [2.75, 3.05) is 18.4 Å². The fourth-order valence-corrected chi connectivity index (χ4v) is 4.42. The van der Waals surface area contributed by atoms with E-state index in [4.69, 9.17) is 0 Å². The lowest BCUT2D eigenvalue weighted by molar-refractivity contribution is -0.152. The van der Waals surface area contributed by atoms with Crippen molar-refractivity contribution in [1.82, 2.24) is 4.90 Å². The number of hydrogen-bond donors (Lipinski definition) is 2. The summed E-state index contributed by atoms with van der Waals surface area (Å²) in [6.07, 6.45) is 7.87. The second-order valence-electron chi connectivity index (χ2n) is 8.12. The van der Waals surface area contributed by atoms with Gasteiger partial charge in [-0.15, -0.1) is 0 Å². The van der Waals surface area contributed by atoms with Crippen molar-refractivity contribution in [3.8, 4) is 0 Å². The molecule has 1 aromatic carbocycles. The third kappa shape index (κ3) is 4.72. The molecule has 2 amide bonds. The molecule has 0 unspecified atom stereocenters. The van der Waals surface area contributed by atoms with Crippen molar-refractivity contribution in [1.29, 1.82) is 0 Å². The number of piperidine rings is 1. The van der Waals surface area contributed by atoms with Gasteiger partial charge in [0.1, 0.15) is 0 Å². The van der Waals surface area contributed by atoms with Crippen LogP contribution in [0.3, 0.4) is 0 Å². The van der Waals surface area contributed by atoms with E-state index in [0.717, 1.165) is 58.0 Å². The third-order valence-electron chi connectivity index (χ3n) is 6.09. The summed E-state index contributed by atoms with van der Waals surface area (Å²) in [5.41, 5.74) is -0.0490. The maximum atomic E-state index is 12.9. The summed E-state index contributed by atoms with van der Waals surface area (Å²) < 4.78 is 0. The molecule has 1 aliphatic heterocycles. The Labute approximate surface area is 166 Å². The first kappa shape index (κ1) is 20.4. The molecule has 0 radical (unpaired) electrons. The molecule has 1 saturated carbocycles. The minimum Gasteiger partial charge on any atom is -0.481 e. The number of rotatable bonds is 5. The highest BCUT2D eigenvalue weighted by molar-refractivity contribution is 6.04. The summed E-state index contributed by atoms with van der Waals surface area (Å²) in [5, 5.41) is 12.6. The predicted octanol–water partition coefficient (Wildman–Crippen LogP) is 4.07. The topological polar surface area (TPSA) is 86.7 Å². The number of amides is 2. The van der Waals surface area contributed by atoms with E-state index >= 15 is 0 Å². The summed E-state index contributed by atoms with van der Waals surface area (Å²) in [5.74, 6) is -1.29. The van der Waals surface area contributed by atoms with Gasteiger partial charge in [-0.3, -0.25) is 14.4 Å². The van der Waals surface area contributed by atoms with Gasteiger partial charge in [0.2, 0.25) is 5.91 Å². The number of nitrogens with one attached hydrogen (secondary N) is 1. The number of carboxylic acids is 1. The highest BCUT2D eigenvalue weighted by Crippen LogP contribution is 2.39. The Bertz CT molecular complexity index is 717. The van der Waals surface area contributed by atoms with Gasteiger partial charge >= 0.3 is 5.97 Å². The van der Waals surface area contributed by atoms with E-state index in [0.29, 0.717) is 24.1 Å². The molecule has 6 nitrogen and oxygen atoms in total. The number of likely N-dealkylation sites (tertiary alicyclic amines) is 1. The van der Waals surface area contributed by atoms with Crippen LogP contribution < -0.4 is 5.32 Å². The maximum absolute atomic E-state index is 12.9. The van der Waals surface area contributed by atoms with Crippen LogP contribution >= 0.6 is 0 Å². The summed E-state index contributed by atoms with van der Waals surface area (Å²) in [7, 11) is 0. The fourth-order valence-electron chi connectivity index (χ4n) is 4.42. The Morgan fingerprint density at radius 2 is 1.54 bits per heavy atom. The van der Waals surface area contributed by atoms with Crippen LogP contribution in [0.25, 0.3) is 0 Å². The normalized spacial score (nSPS) is 19.5. The molecule has 152 valence electrons. The summed E-state index contributed by atoms with van der Waals surface area (Å²) in [6, 6.07) is 7.01. The zero-order chi connectivity index (χ0) is 20.0. The van der Waals surface area contributed by atoms with Gasteiger partial charge in [0.25, 0.3) is 5.91 Å². The zero-order valence-electron chi connectivity index (χ0n) is 16.4. The monoisotopic (exact) mass is 386 g/mol. The number of benzene rings is 1. The Hall–Kier alpha value is -2.37. The molecule has 0 atom stereocenters. The van der Waals surface area contributed by atoms with Crippen LogP contribution in [-0.2, 0) is 9.59 Å². The van der Waals surface area contributed by atoms with E-state index in [1.807, 2.05) is 4.90 Å². The van der Waals surface area contributed by atoms with Crippen LogP contribution in [0.15, 0.2) is 24.3 Å². The predicted molar refractivity (Wildman–Crippen MR) is 107 cm³/mol. The van der Waals surface area contributed by atoms with Gasteiger partial charge in [-0.2, -0.15) is 0 Å². The van der Waals surface area contributed by atoms with Gasteiger partial charge in [-0.1, -0.05) is 37.8 Å². The molecule has 1 aliphatic carbocycles. The highest BCUT2D eigenvalue weighted by Gasteiger charge is 2.40. The number of carboxylic acid groups (broad SMARTS) is 1. The van der Waals surface area contributed by atoms with Crippen LogP contribution in [0.5, 0.6) is 0 Å². The van der Waals surface area contributed by atoms with Crippen LogP contribution in [0.4, 0.5) is 5.69 Å². The standard InChI is InChI=1S/C22H30N2O4/c25-19(16-22(21(27)28)12-6-1-2-7-13-22)23-18-11-5-4-10-17(18)20(26)24-14-8-3-9-15-24/h4-5,10-11H,1-3,6-9,12-16H2,(H,23,25)(H,27,28). The molecule has 2 fully saturated rings. The fraction of sp³-hybridized carbons (Fsp3) is 0.591. The lowest BCUT2D eigenvalue weighted by Crippen LogP contribution is -2.37. The van der Waals surface area contributed by atoms with E-state index in [2.05, 4.69) is 5.32 Å². The third-order valence-corrected chi connectivity index (χ3v) is 6.09. The quantitative estimate of drug-likeness (QED) is 0.747. The number of nitrogens with zero attached hydrogens (tertiary/aromatic N) is 1. The molecule has 1 heterocycles. The molecule has 0 bridgehead atoms. The van der Waals surface area contributed by atoms with E-state index < -0.39 is 11.4 Å². The summed E-state index contributed by atoms with van der Waals surface area (Å²) in [6.45, 7) is 1.48. The second kappa shape index (κ2) is 9.22. The van der Waals surface area contributed by atoms with Crippen molar-refractivity contribution in [3.05, 3.63) is 29.8 Å². The average Bonchev–Trinajstić information content (AvgIpc) is 2.95. The largest absolute Gasteiger partial charge is 0.481 e. The van der Waals surface area contributed by atoms with Crippen LogP contribution in [-0.4, -0.2) is 40.9 Å². The number of hydrogen-bond acceptors (Lipinski definition) is 3. The van der Waals surface area contributed by atoms with Crippen molar-refractivity contribution < 1.29 is 19.5 Å². The van der Waals surface area contributed by atoms with Crippen LogP contribution in [0.2, 0.25) is 0 Å². The maximum Gasteiger partial charge on any atom is 0.310 e. The van der Waals surface area contributed by atoms with Gasteiger partial charge in [0, 0.05) is 19.5 Å². The molecular formula is C22H30N2O4. The first-order valence-electron chi connectivity index (χ1n) is 10.4. The van der Waals surface area contributed by atoms with E-state index in [1.54, 1.807) is 24.3 Å². The van der Waals surface area contributed by atoms with Crippen molar-refractivity contribution >= 4 is 23.5 Å².